The Kier molecular flexibility index (Phi) is 4.06. The number of hydrogen-bond donors (Lipinski definition) is 2. The molecule has 0 spiro atoms. The molecule has 1 heterocycles. The van der Waals surface area contributed by atoms with Gasteiger partial charge in [-0.1, -0.05) is 60.7 Å². The van der Waals surface area contributed by atoms with Crippen molar-refractivity contribution in [3.63, 3.8) is 0 Å². The number of aromatic carboxylic acids is 1. The van der Waals surface area contributed by atoms with Gasteiger partial charge in [0.25, 0.3) is 5.56 Å². The summed E-state index contributed by atoms with van der Waals surface area (Å²) >= 11 is 0. The normalized spacial score (nSPS) is 10.7. The Bertz CT molecular complexity index is 830. The molecule has 3 aromatic rings. The van der Waals surface area contributed by atoms with Gasteiger partial charge in [-0.2, -0.15) is 0 Å². The minimum absolute atomic E-state index is 0.217. The third-order valence-electron chi connectivity index (χ3n) is 3.78. The first-order valence-electron chi connectivity index (χ1n) is 7.23. The van der Waals surface area contributed by atoms with Crippen LogP contribution in [0.2, 0.25) is 0 Å². The molecule has 0 aliphatic heterocycles. The number of carboxylic acids is 1. The SMILES string of the molecule is O=C(O)c1c(C(c2ccccc2)c2ccccc2)cc[nH]c1=O. The van der Waals surface area contributed by atoms with Gasteiger partial charge in [0.1, 0.15) is 5.56 Å². The molecular formula is C19H15NO3. The molecule has 4 heteroatoms. The quantitative estimate of drug-likeness (QED) is 0.777. The van der Waals surface area contributed by atoms with E-state index in [4.69, 9.17) is 0 Å². The van der Waals surface area contributed by atoms with Crippen LogP contribution in [0.4, 0.5) is 0 Å². The third-order valence-corrected chi connectivity index (χ3v) is 3.78. The highest BCUT2D eigenvalue weighted by Crippen LogP contribution is 2.32. The molecule has 3 rings (SSSR count). The van der Waals surface area contributed by atoms with E-state index in [2.05, 4.69) is 4.98 Å². The van der Waals surface area contributed by atoms with Crippen LogP contribution in [-0.4, -0.2) is 16.1 Å². The van der Waals surface area contributed by atoms with E-state index in [1.807, 2.05) is 60.7 Å². The minimum atomic E-state index is -1.22. The predicted molar refractivity (Wildman–Crippen MR) is 87.9 cm³/mol. The zero-order valence-corrected chi connectivity index (χ0v) is 12.3. The number of carbonyl (C=O) groups is 1. The molecule has 0 saturated carbocycles. The zero-order valence-electron chi connectivity index (χ0n) is 12.3. The van der Waals surface area contributed by atoms with Crippen molar-refractivity contribution in [3.05, 3.63) is 106 Å². The fourth-order valence-corrected chi connectivity index (χ4v) is 2.80. The lowest BCUT2D eigenvalue weighted by Gasteiger charge is -2.20. The lowest BCUT2D eigenvalue weighted by atomic mass is 9.83. The standard InChI is InChI=1S/C19H15NO3/c21-18-17(19(22)23)15(11-12-20-18)16(13-7-3-1-4-8-13)14-9-5-2-6-10-14/h1-12,16H,(H,20,21)(H,22,23). The molecule has 23 heavy (non-hydrogen) atoms. The number of hydrogen-bond acceptors (Lipinski definition) is 2. The summed E-state index contributed by atoms with van der Waals surface area (Å²) in [7, 11) is 0. The Morgan fingerprint density at radius 1 is 0.870 bits per heavy atom. The van der Waals surface area contributed by atoms with Crippen LogP contribution in [0, 0.1) is 0 Å². The van der Waals surface area contributed by atoms with E-state index in [-0.39, 0.29) is 11.5 Å². The summed E-state index contributed by atoms with van der Waals surface area (Å²) in [6, 6.07) is 20.8. The van der Waals surface area contributed by atoms with Crippen LogP contribution in [-0.2, 0) is 0 Å². The number of pyridine rings is 1. The van der Waals surface area contributed by atoms with Crippen LogP contribution in [0.3, 0.4) is 0 Å². The average molecular weight is 305 g/mol. The smallest absolute Gasteiger partial charge is 0.341 e. The first-order chi connectivity index (χ1) is 11.2. The van der Waals surface area contributed by atoms with Crippen LogP contribution in [0.1, 0.15) is 33.0 Å². The van der Waals surface area contributed by atoms with E-state index >= 15 is 0 Å². The third kappa shape index (κ3) is 2.92. The Morgan fingerprint density at radius 2 is 1.39 bits per heavy atom. The van der Waals surface area contributed by atoms with Crippen molar-refractivity contribution in [3.8, 4) is 0 Å². The lowest BCUT2D eigenvalue weighted by Crippen LogP contribution is -2.22. The molecule has 4 nitrogen and oxygen atoms in total. The Hall–Kier alpha value is -3.14. The maximum atomic E-state index is 12.0. The number of rotatable bonds is 4. The fraction of sp³-hybridized carbons (Fsp3) is 0.0526. The summed E-state index contributed by atoms with van der Waals surface area (Å²) < 4.78 is 0. The number of aromatic nitrogens is 1. The van der Waals surface area contributed by atoms with Crippen molar-refractivity contribution in [2.45, 2.75) is 5.92 Å². The highest BCUT2D eigenvalue weighted by Gasteiger charge is 2.24. The van der Waals surface area contributed by atoms with E-state index < -0.39 is 11.5 Å². The molecule has 0 amide bonds. The Labute approximate surface area is 133 Å². The molecule has 114 valence electrons. The largest absolute Gasteiger partial charge is 0.477 e. The van der Waals surface area contributed by atoms with Crippen LogP contribution >= 0.6 is 0 Å². The maximum absolute atomic E-state index is 12.0. The van der Waals surface area contributed by atoms with Gasteiger partial charge in [0.05, 0.1) is 0 Å². The van der Waals surface area contributed by atoms with Crippen molar-refractivity contribution in [2.24, 2.45) is 0 Å². The molecule has 2 N–H and O–H groups in total. The van der Waals surface area contributed by atoms with Crippen molar-refractivity contribution >= 4 is 5.97 Å². The number of benzene rings is 2. The monoisotopic (exact) mass is 305 g/mol. The second-order valence-electron chi connectivity index (χ2n) is 5.20. The summed E-state index contributed by atoms with van der Waals surface area (Å²) in [4.78, 5) is 26.0. The van der Waals surface area contributed by atoms with E-state index in [1.165, 1.54) is 6.20 Å². The summed E-state index contributed by atoms with van der Waals surface area (Å²) in [6.07, 6.45) is 1.49. The van der Waals surface area contributed by atoms with Gasteiger partial charge in [0.2, 0.25) is 0 Å². The van der Waals surface area contributed by atoms with Gasteiger partial charge < -0.3 is 10.1 Å². The number of nitrogens with one attached hydrogen (secondary N) is 1. The molecule has 2 aromatic carbocycles. The van der Waals surface area contributed by atoms with Gasteiger partial charge in [-0.3, -0.25) is 4.79 Å². The van der Waals surface area contributed by atoms with Crippen LogP contribution in [0.5, 0.6) is 0 Å². The highest BCUT2D eigenvalue weighted by molar-refractivity contribution is 5.89. The maximum Gasteiger partial charge on any atom is 0.341 e. The van der Waals surface area contributed by atoms with Crippen LogP contribution in [0.15, 0.2) is 77.7 Å². The van der Waals surface area contributed by atoms with Gasteiger partial charge in [-0.05, 0) is 22.8 Å². The Morgan fingerprint density at radius 3 is 1.87 bits per heavy atom. The molecule has 0 radical (unpaired) electrons. The van der Waals surface area contributed by atoms with Crippen molar-refractivity contribution in [1.82, 2.24) is 4.98 Å². The molecule has 0 unspecified atom stereocenters. The summed E-state index contributed by atoms with van der Waals surface area (Å²) in [6.45, 7) is 0. The molecule has 0 fully saturated rings. The van der Waals surface area contributed by atoms with Gasteiger partial charge in [0.15, 0.2) is 0 Å². The summed E-state index contributed by atoms with van der Waals surface area (Å²) in [5.74, 6) is -1.54. The topological polar surface area (TPSA) is 70.2 Å². The second-order valence-corrected chi connectivity index (χ2v) is 5.20. The Balaban J connectivity index is 2.28. The van der Waals surface area contributed by atoms with Gasteiger partial charge in [-0.25, -0.2) is 4.79 Å². The van der Waals surface area contributed by atoms with Gasteiger partial charge >= 0.3 is 5.97 Å². The van der Waals surface area contributed by atoms with Crippen LogP contribution < -0.4 is 5.56 Å². The predicted octanol–water partition coefficient (Wildman–Crippen LogP) is 3.25. The molecule has 0 saturated heterocycles. The lowest BCUT2D eigenvalue weighted by molar-refractivity contribution is 0.0693. The first-order valence-corrected chi connectivity index (χ1v) is 7.23. The van der Waals surface area contributed by atoms with Gasteiger partial charge in [-0.15, -0.1) is 0 Å². The fourth-order valence-electron chi connectivity index (χ4n) is 2.80. The minimum Gasteiger partial charge on any atom is -0.477 e. The molecule has 0 aliphatic rings. The van der Waals surface area contributed by atoms with Crippen molar-refractivity contribution in [2.75, 3.05) is 0 Å². The van der Waals surface area contributed by atoms with Crippen molar-refractivity contribution < 1.29 is 9.90 Å². The van der Waals surface area contributed by atoms with Gasteiger partial charge in [0, 0.05) is 12.1 Å². The summed E-state index contributed by atoms with van der Waals surface area (Å²) in [5.41, 5.74) is 1.55. The summed E-state index contributed by atoms with van der Waals surface area (Å²) in [5, 5.41) is 9.47. The molecule has 0 aliphatic carbocycles. The second kappa shape index (κ2) is 6.32. The highest BCUT2D eigenvalue weighted by atomic mass is 16.4. The molecular weight excluding hydrogens is 290 g/mol. The van der Waals surface area contributed by atoms with E-state index in [0.29, 0.717) is 5.56 Å². The van der Waals surface area contributed by atoms with E-state index in [9.17, 15) is 14.7 Å². The van der Waals surface area contributed by atoms with Crippen LogP contribution in [0.25, 0.3) is 0 Å². The van der Waals surface area contributed by atoms with E-state index in [1.54, 1.807) is 6.07 Å². The zero-order chi connectivity index (χ0) is 16.2. The average Bonchev–Trinajstić information content (AvgIpc) is 2.57. The number of H-pyrrole nitrogens is 1. The van der Waals surface area contributed by atoms with Crippen molar-refractivity contribution in [1.29, 1.82) is 0 Å². The molecule has 0 atom stereocenters. The number of carboxylic acid groups (broad SMARTS) is 1. The molecule has 1 aromatic heterocycles. The van der Waals surface area contributed by atoms with E-state index in [0.717, 1.165) is 11.1 Å². The number of aromatic amines is 1. The molecule has 0 bridgehead atoms. The first kappa shape index (κ1) is 14.8.